The molecule has 3 N–H and O–H groups in total. The number of pyridine rings is 1. The Morgan fingerprint density at radius 2 is 2.04 bits per heavy atom. The van der Waals surface area contributed by atoms with Crippen LogP contribution >= 0.6 is 0 Å². The van der Waals surface area contributed by atoms with E-state index in [1.54, 1.807) is 24.4 Å². The van der Waals surface area contributed by atoms with Crippen molar-refractivity contribution < 1.29 is 18.1 Å². The molecule has 0 spiro atoms. The number of nitrogens with two attached hydrogens (primary N) is 1. The van der Waals surface area contributed by atoms with Crippen LogP contribution in [0.3, 0.4) is 0 Å². The maximum absolute atomic E-state index is 12.4. The zero-order valence-electron chi connectivity index (χ0n) is 12.4. The van der Waals surface area contributed by atoms with E-state index in [4.69, 9.17) is 5.73 Å². The van der Waals surface area contributed by atoms with E-state index >= 15 is 0 Å². The lowest BCUT2D eigenvalue weighted by atomic mass is 10.2. The van der Waals surface area contributed by atoms with E-state index in [1.807, 2.05) is 0 Å². The fourth-order valence-corrected chi connectivity index (χ4v) is 3.25. The lowest BCUT2D eigenvalue weighted by Crippen LogP contribution is -2.28. The molecule has 2 rings (SSSR count). The lowest BCUT2D eigenvalue weighted by Gasteiger charge is -2.09. The minimum Gasteiger partial charge on any atom is -0.366 e. The molecule has 0 fully saturated rings. The smallest absolute Gasteiger partial charge is 0.270 e. The number of amides is 1. The van der Waals surface area contributed by atoms with Crippen LogP contribution in [0.1, 0.15) is 16.1 Å². The van der Waals surface area contributed by atoms with Gasteiger partial charge in [-0.15, -0.1) is 0 Å². The molecule has 0 saturated heterocycles. The summed E-state index contributed by atoms with van der Waals surface area (Å²) in [6.45, 7) is 0.0141. The van der Waals surface area contributed by atoms with Gasteiger partial charge in [-0.1, -0.05) is 6.07 Å². The molecule has 126 valence electrons. The van der Waals surface area contributed by atoms with Crippen LogP contribution in [0, 0.1) is 10.1 Å². The first kappa shape index (κ1) is 17.5. The number of carbonyl (C=O) groups excluding carboxylic acids is 1. The van der Waals surface area contributed by atoms with Gasteiger partial charge in [-0.2, -0.15) is 0 Å². The molecule has 0 aliphatic rings. The van der Waals surface area contributed by atoms with Crippen molar-refractivity contribution in [2.45, 2.75) is 11.3 Å². The Balaban J connectivity index is 2.25. The molecule has 1 amide bonds. The summed E-state index contributed by atoms with van der Waals surface area (Å²) in [7, 11) is -4.15. The van der Waals surface area contributed by atoms with E-state index in [9.17, 15) is 23.3 Å². The molecule has 1 aromatic carbocycles. The van der Waals surface area contributed by atoms with E-state index in [1.165, 1.54) is 0 Å². The molecule has 0 saturated carbocycles. The number of benzene rings is 1. The number of non-ortho nitro benzene ring substituents is 1. The maximum atomic E-state index is 12.4. The number of nitro benzene ring substituents is 1. The van der Waals surface area contributed by atoms with Crippen LogP contribution in [0.15, 0.2) is 47.5 Å². The quantitative estimate of drug-likeness (QED) is 0.552. The van der Waals surface area contributed by atoms with Crippen molar-refractivity contribution in [2.24, 2.45) is 5.73 Å². The number of rotatable bonds is 7. The molecule has 0 unspecified atom stereocenters. The first-order chi connectivity index (χ1) is 11.3. The number of nitrogens with one attached hydrogen (secondary N) is 1. The van der Waals surface area contributed by atoms with Crippen LogP contribution in [-0.2, 0) is 16.4 Å². The van der Waals surface area contributed by atoms with Crippen LogP contribution in [0.4, 0.5) is 5.69 Å². The molecule has 2 aromatic rings. The molecule has 24 heavy (non-hydrogen) atoms. The minimum absolute atomic E-state index is 0.0141. The topological polar surface area (TPSA) is 145 Å². The molecule has 1 aromatic heterocycles. The number of nitrogens with zero attached hydrogens (tertiary/aromatic N) is 2. The van der Waals surface area contributed by atoms with Gasteiger partial charge in [0.05, 0.1) is 10.5 Å². The predicted octanol–water partition coefficient (Wildman–Crippen LogP) is 0.610. The van der Waals surface area contributed by atoms with E-state index < -0.39 is 31.4 Å². The Morgan fingerprint density at radius 3 is 2.62 bits per heavy atom. The molecule has 0 aliphatic carbocycles. The molecule has 0 atom stereocenters. The summed E-state index contributed by atoms with van der Waals surface area (Å²) < 4.78 is 27.0. The monoisotopic (exact) mass is 350 g/mol. The number of primary amides is 1. The lowest BCUT2D eigenvalue weighted by molar-refractivity contribution is -0.385. The molecule has 0 radical (unpaired) electrons. The van der Waals surface area contributed by atoms with E-state index in [0.717, 1.165) is 18.2 Å². The summed E-state index contributed by atoms with van der Waals surface area (Å²) in [5.41, 5.74) is 5.05. The van der Waals surface area contributed by atoms with E-state index in [2.05, 4.69) is 9.71 Å². The SMILES string of the molecule is NC(=O)c1ccc([N+](=O)[O-])cc1S(=O)(=O)NCCc1ccccn1. The van der Waals surface area contributed by atoms with Gasteiger partial charge in [-0.25, -0.2) is 13.1 Å². The Kier molecular flexibility index (Phi) is 5.21. The van der Waals surface area contributed by atoms with Gasteiger partial charge in [-0.3, -0.25) is 19.9 Å². The predicted molar refractivity (Wildman–Crippen MR) is 84.7 cm³/mol. The highest BCUT2D eigenvalue weighted by Crippen LogP contribution is 2.22. The number of hydrogen-bond acceptors (Lipinski definition) is 6. The summed E-state index contributed by atoms with van der Waals surface area (Å²) in [6, 6.07) is 8.08. The fourth-order valence-electron chi connectivity index (χ4n) is 1.99. The summed E-state index contributed by atoms with van der Waals surface area (Å²) in [6.07, 6.45) is 1.90. The van der Waals surface area contributed by atoms with Crippen molar-refractivity contribution in [1.82, 2.24) is 9.71 Å². The van der Waals surface area contributed by atoms with E-state index in [-0.39, 0.29) is 12.1 Å². The summed E-state index contributed by atoms with van der Waals surface area (Å²) >= 11 is 0. The van der Waals surface area contributed by atoms with Crippen molar-refractivity contribution in [3.63, 3.8) is 0 Å². The number of nitro groups is 1. The molecule has 0 aliphatic heterocycles. The molecule has 10 heteroatoms. The number of aromatic nitrogens is 1. The summed E-state index contributed by atoms with van der Waals surface area (Å²) in [5, 5.41) is 10.8. The number of carbonyl (C=O) groups is 1. The Morgan fingerprint density at radius 1 is 1.29 bits per heavy atom. The second-order valence-corrected chi connectivity index (χ2v) is 6.51. The van der Waals surface area contributed by atoms with Crippen LogP contribution in [-0.4, -0.2) is 30.8 Å². The molecule has 9 nitrogen and oxygen atoms in total. The van der Waals surface area contributed by atoms with Gasteiger partial charge in [0, 0.05) is 37.0 Å². The van der Waals surface area contributed by atoms with Crippen LogP contribution in [0.25, 0.3) is 0 Å². The van der Waals surface area contributed by atoms with Crippen molar-refractivity contribution in [1.29, 1.82) is 0 Å². The third-order valence-corrected chi connectivity index (χ3v) is 4.63. The standard InChI is InChI=1S/C14H14N4O5S/c15-14(19)12-5-4-11(18(20)21)9-13(12)24(22,23)17-8-6-10-3-1-2-7-16-10/h1-5,7,9,17H,6,8H2,(H2,15,19). The second kappa shape index (κ2) is 7.15. The highest BCUT2D eigenvalue weighted by Gasteiger charge is 2.24. The van der Waals surface area contributed by atoms with Crippen LogP contribution in [0.5, 0.6) is 0 Å². The van der Waals surface area contributed by atoms with Crippen molar-refractivity contribution in [3.8, 4) is 0 Å². The zero-order valence-corrected chi connectivity index (χ0v) is 13.2. The van der Waals surface area contributed by atoms with Gasteiger partial charge in [0.15, 0.2) is 0 Å². The normalized spacial score (nSPS) is 11.2. The first-order valence-corrected chi connectivity index (χ1v) is 8.27. The van der Waals surface area contributed by atoms with Crippen molar-refractivity contribution >= 4 is 21.6 Å². The average molecular weight is 350 g/mol. The first-order valence-electron chi connectivity index (χ1n) is 6.79. The fraction of sp³-hybridized carbons (Fsp3) is 0.143. The molecular weight excluding hydrogens is 336 g/mol. The largest absolute Gasteiger partial charge is 0.366 e. The van der Waals surface area contributed by atoms with Crippen LogP contribution in [0.2, 0.25) is 0 Å². The van der Waals surface area contributed by atoms with Gasteiger partial charge in [0.1, 0.15) is 4.90 Å². The average Bonchev–Trinajstić information content (AvgIpc) is 2.55. The van der Waals surface area contributed by atoms with Gasteiger partial charge in [-0.05, 0) is 18.2 Å². The Hall–Kier alpha value is -2.85. The van der Waals surface area contributed by atoms with Gasteiger partial charge < -0.3 is 5.73 Å². The molecular formula is C14H14N4O5S. The second-order valence-electron chi connectivity index (χ2n) is 4.77. The zero-order chi connectivity index (χ0) is 17.7. The van der Waals surface area contributed by atoms with Crippen molar-refractivity contribution in [2.75, 3.05) is 6.54 Å². The highest BCUT2D eigenvalue weighted by molar-refractivity contribution is 7.89. The number of sulfonamides is 1. The summed E-state index contributed by atoms with van der Waals surface area (Å²) in [4.78, 5) is 25.0. The third kappa shape index (κ3) is 4.12. The maximum Gasteiger partial charge on any atom is 0.270 e. The van der Waals surface area contributed by atoms with Crippen LogP contribution < -0.4 is 10.5 Å². The molecule has 0 bridgehead atoms. The minimum atomic E-state index is -4.15. The molecule has 1 heterocycles. The van der Waals surface area contributed by atoms with E-state index in [0.29, 0.717) is 12.1 Å². The summed E-state index contributed by atoms with van der Waals surface area (Å²) in [5.74, 6) is -0.991. The third-order valence-electron chi connectivity index (χ3n) is 3.13. The van der Waals surface area contributed by atoms with Gasteiger partial charge in [0.2, 0.25) is 15.9 Å². The van der Waals surface area contributed by atoms with Gasteiger partial charge in [0.25, 0.3) is 5.69 Å². The Labute approximate surface area is 137 Å². The highest BCUT2D eigenvalue weighted by atomic mass is 32.2. The number of hydrogen-bond donors (Lipinski definition) is 2. The Bertz CT molecular complexity index is 868. The van der Waals surface area contributed by atoms with Gasteiger partial charge >= 0.3 is 0 Å². The van der Waals surface area contributed by atoms with Crippen molar-refractivity contribution in [3.05, 3.63) is 64.0 Å².